The van der Waals surface area contributed by atoms with E-state index in [4.69, 9.17) is 13.9 Å². The van der Waals surface area contributed by atoms with Crippen molar-refractivity contribution in [2.24, 2.45) is 0 Å². The van der Waals surface area contributed by atoms with Crippen LogP contribution in [-0.4, -0.2) is 57.3 Å². The van der Waals surface area contributed by atoms with Crippen molar-refractivity contribution in [2.75, 3.05) is 26.4 Å². The molecule has 0 radical (unpaired) electrons. The van der Waals surface area contributed by atoms with E-state index in [2.05, 4.69) is 69.3 Å². The number of hydrogen-bond acceptors (Lipinski definition) is 4. The molecule has 0 saturated carbocycles. The van der Waals surface area contributed by atoms with Crippen LogP contribution in [0.5, 0.6) is 0 Å². The van der Waals surface area contributed by atoms with Gasteiger partial charge in [-0.3, -0.25) is 0 Å². The zero-order chi connectivity index (χ0) is 25.4. The van der Waals surface area contributed by atoms with Crippen molar-refractivity contribution in [3.63, 3.8) is 0 Å². The van der Waals surface area contributed by atoms with E-state index >= 15 is 0 Å². The Hall–Kier alpha value is -2.15. The average molecular weight is 486 g/mol. The molecule has 188 valence electrons. The first-order valence-electron chi connectivity index (χ1n) is 12.2. The van der Waals surface area contributed by atoms with Crippen LogP contribution < -0.4 is 10.4 Å². The fraction of sp³-hybridized carbons (Fsp3) is 0.536. The number of ether oxygens (including phenoxy) is 2. The van der Waals surface area contributed by atoms with Crippen molar-refractivity contribution in [3.8, 4) is 0 Å². The minimum atomic E-state index is -2.56. The summed E-state index contributed by atoms with van der Waals surface area (Å²) in [6.45, 7) is 18.3. The summed E-state index contributed by atoms with van der Waals surface area (Å²) in [5.74, 6) is 0. The van der Waals surface area contributed by atoms with Crippen molar-refractivity contribution in [1.29, 1.82) is 0 Å². The third-order valence-electron chi connectivity index (χ3n) is 5.69. The normalized spacial score (nSPS) is 12.6. The SMILES string of the molecule is CC(C)N(CCOCCO[Si](c1ccccc1)(c1ccccc1)C(C)(C)C)C(=O)OC(C)(C)C. The molecule has 0 bridgehead atoms. The van der Waals surface area contributed by atoms with Crippen LogP contribution in [0.4, 0.5) is 4.79 Å². The van der Waals surface area contributed by atoms with E-state index in [0.29, 0.717) is 26.4 Å². The third-order valence-corrected chi connectivity index (χ3v) is 10.7. The Kier molecular flexibility index (Phi) is 9.92. The van der Waals surface area contributed by atoms with Gasteiger partial charge in [0.05, 0.1) is 19.8 Å². The van der Waals surface area contributed by atoms with Crippen molar-refractivity contribution in [3.05, 3.63) is 60.7 Å². The minimum absolute atomic E-state index is 0.0341. The number of benzene rings is 2. The van der Waals surface area contributed by atoms with Crippen molar-refractivity contribution >= 4 is 24.8 Å². The summed E-state index contributed by atoms with van der Waals surface area (Å²) < 4.78 is 18.3. The van der Waals surface area contributed by atoms with E-state index in [9.17, 15) is 4.79 Å². The molecule has 0 unspecified atom stereocenters. The number of rotatable bonds is 10. The van der Waals surface area contributed by atoms with Crippen LogP contribution in [0.2, 0.25) is 5.04 Å². The lowest BCUT2D eigenvalue weighted by Crippen LogP contribution is -2.66. The van der Waals surface area contributed by atoms with Gasteiger partial charge in [-0.25, -0.2) is 4.79 Å². The molecule has 0 heterocycles. The monoisotopic (exact) mass is 485 g/mol. The molecule has 0 aliphatic carbocycles. The van der Waals surface area contributed by atoms with Crippen LogP contribution >= 0.6 is 0 Å². The number of carbonyl (C=O) groups excluding carboxylic acids is 1. The second-order valence-electron chi connectivity index (χ2n) is 10.9. The van der Waals surface area contributed by atoms with E-state index in [1.165, 1.54) is 10.4 Å². The topological polar surface area (TPSA) is 48.0 Å². The zero-order valence-electron chi connectivity index (χ0n) is 22.3. The molecule has 0 aliphatic heterocycles. The summed E-state index contributed by atoms with van der Waals surface area (Å²) in [7, 11) is -2.56. The quantitative estimate of drug-likeness (QED) is 0.342. The van der Waals surface area contributed by atoms with Gasteiger partial charge < -0.3 is 18.8 Å². The van der Waals surface area contributed by atoms with E-state index in [1.807, 2.05) is 46.8 Å². The number of hydrogen-bond donors (Lipinski definition) is 0. The van der Waals surface area contributed by atoms with Crippen molar-refractivity contribution < 1.29 is 18.7 Å². The molecule has 34 heavy (non-hydrogen) atoms. The first kappa shape index (κ1) is 28.1. The Bertz CT molecular complexity index is 833. The van der Waals surface area contributed by atoms with Gasteiger partial charge in [0.1, 0.15) is 5.60 Å². The largest absolute Gasteiger partial charge is 0.444 e. The first-order chi connectivity index (χ1) is 15.9. The Morgan fingerprint density at radius 3 is 1.74 bits per heavy atom. The lowest BCUT2D eigenvalue weighted by atomic mass is 10.2. The highest BCUT2D eigenvalue weighted by Crippen LogP contribution is 2.36. The summed E-state index contributed by atoms with van der Waals surface area (Å²) in [6.07, 6.45) is -0.310. The predicted octanol–water partition coefficient (Wildman–Crippen LogP) is 5.23. The summed E-state index contributed by atoms with van der Waals surface area (Å²) >= 11 is 0. The van der Waals surface area contributed by atoms with Crippen LogP contribution in [0.1, 0.15) is 55.4 Å². The molecule has 0 N–H and O–H groups in total. The highest BCUT2D eigenvalue weighted by atomic mass is 28.4. The number of amides is 1. The molecule has 5 nitrogen and oxygen atoms in total. The van der Waals surface area contributed by atoms with Gasteiger partial charge in [0.2, 0.25) is 0 Å². The summed E-state index contributed by atoms with van der Waals surface area (Å²) in [6, 6.07) is 21.2. The number of nitrogens with zero attached hydrogens (tertiary/aromatic N) is 1. The minimum Gasteiger partial charge on any atom is -0.444 e. The van der Waals surface area contributed by atoms with E-state index in [0.717, 1.165) is 0 Å². The fourth-order valence-electron chi connectivity index (χ4n) is 4.16. The molecule has 6 heteroatoms. The highest BCUT2D eigenvalue weighted by molar-refractivity contribution is 6.99. The van der Waals surface area contributed by atoms with E-state index < -0.39 is 13.9 Å². The van der Waals surface area contributed by atoms with Gasteiger partial charge in [0, 0.05) is 12.6 Å². The average Bonchev–Trinajstić information content (AvgIpc) is 2.74. The fourth-order valence-corrected chi connectivity index (χ4v) is 8.71. The lowest BCUT2D eigenvalue weighted by Gasteiger charge is -2.43. The van der Waals surface area contributed by atoms with Gasteiger partial charge >= 0.3 is 6.09 Å². The molecule has 0 atom stereocenters. The van der Waals surface area contributed by atoms with Crippen molar-refractivity contribution in [1.82, 2.24) is 4.90 Å². The lowest BCUT2D eigenvalue weighted by molar-refractivity contribution is 0.00916. The second-order valence-corrected chi connectivity index (χ2v) is 15.2. The maximum Gasteiger partial charge on any atom is 0.410 e. The van der Waals surface area contributed by atoms with Crippen LogP contribution in [-0.2, 0) is 13.9 Å². The Morgan fingerprint density at radius 2 is 1.32 bits per heavy atom. The Morgan fingerprint density at radius 1 is 0.824 bits per heavy atom. The van der Waals surface area contributed by atoms with E-state index in [1.54, 1.807) is 4.90 Å². The van der Waals surface area contributed by atoms with Crippen LogP contribution in [0.25, 0.3) is 0 Å². The molecular formula is C28H43NO4Si. The summed E-state index contributed by atoms with van der Waals surface area (Å²) in [5.41, 5.74) is -0.519. The molecule has 0 spiro atoms. The van der Waals surface area contributed by atoms with Crippen molar-refractivity contribution in [2.45, 2.75) is 72.1 Å². The second kappa shape index (κ2) is 12.0. The Balaban J connectivity index is 2.06. The standard InChI is InChI=1S/C28H43NO4Si/c1-23(2)29(26(30)33-27(3,4)5)19-20-31-21-22-32-34(28(6,7)8,24-15-11-9-12-16-24)25-17-13-10-14-18-25/h9-18,23H,19-22H2,1-8H3. The third kappa shape index (κ3) is 7.42. The molecule has 0 saturated heterocycles. The van der Waals surface area contributed by atoms with Gasteiger partial charge in [0.25, 0.3) is 8.32 Å². The molecule has 0 fully saturated rings. The maximum atomic E-state index is 12.5. The molecule has 1 amide bonds. The molecule has 0 aliphatic rings. The van der Waals surface area contributed by atoms with E-state index in [-0.39, 0.29) is 17.2 Å². The molecule has 2 rings (SSSR count). The van der Waals surface area contributed by atoms with Gasteiger partial charge in [-0.2, -0.15) is 0 Å². The van der Waals surface area contributed by atoms with Crippen LogP contribution in [0, 0.1) is 0 Å². The summed E-state index contributed by atoms with van der Waals surface area (Å²) in [4.78, 5) is 14.2. The van der Waals surface area contributed by atoms with Gasteiger partial charge in [-0.15, -0.1) is 0 Å². The number of carbonyl (C=O) groups is 1. The first-order valence-corrected chi connectivity index (χ1v) is 14.1. The zero-order valence-corrected chi connectivity index (χ0v) is 23.3. The van der Waals surface area contributed by atoms with Crippen LogP contribution in [0.15, 0.2) is 60.7 Å². The van der Waals surface area contributed by atoms with Gasteiger partial charge in [-0.1, -0.05) is 81.4 Å². The van der Waals surface area contributed by atoms with Crippen LogP contribution in [0.3, 0.4) is 0 Å². The predicted molar refractivity (Wildman–Crippen MR) is 142 cm³/mol. The molecule has 2 aromatic rings. The maximum absolute atomic E-state index is 12.5. The summed E-state index contributed by atoms with van der Waals surface area (Å²) in [5, 5.41) is 2.44. The highest BCUT2D eigenvalue weighted by Gasteiger charge is 2.50. The molecular weight excluding hydrogens is 442 g/mol. The van der Waals surface area contributed by atoms with Gasteiger partial charge in [0.15, 0.2) is 0 Å². The smallest absolute Gasteiger partial charge is 0.410 e. The molecule has 2 aromatic carbocycles. The molecule has 0 aromatic heterocycles. The van der Waals surface area contributed by atoms with Gasteiger partial charge in [-0.05, 0) is 50.0 Å². The Labute approximate surface area is 207 Å².